The predicted molar refractivity (Wildman–Crippen MR) is 131 cm³/mol. The van der Waals surface area contributed by atoms with E-state index in [1.807, 2.05) is 12.3 Å². The van der Waals surface area contributed by atoms with Gasteiger partial charge in [-0.15, -0.1) is 0 Å². The summed E-state index contributed by atoms with van der Waals surface area (Å²) in [6, 6.07) is 19.9. The summed E-state index contributed by atoms with van der Waals surface area (Å²) in [4.78, 5) is 12.3. The van der Waals surface area contributed by atoms with Crippen LogP contribution < -0.4 is 0 Å². The highest BCUT2D eigenvalue weighted by Gasteiger charge is 2.24. The van der Waals surface area contributed by atoms with Crippen molar-refractivity contribution in [2.45, 2.75) is 51.6 Å². The van der Waals surface area contributed by atoms with Crippen LogP contribution >= 0.6 is 0 Å². The molecule has 5 heteroatoms. The number of rotatable bonds is 6. The molecule has 1 saturated heterocycles. The van der Waals surface area contributed by atoms with Crippen molar-refractivity contribution >= 4 is 11.0 Å². The zero-order valence-corrected chi connectivity index (χ0v) is 19.4. The smallest absolute Gasteiger partial charge is 0.124 e. The van der Waals surface area contributed by atoms with Crippen LogP contribution in [0.5, 0.6) is 0 Å². The van der Waals surface area contributed by atoms with Crippen LogP contribution in [0.25, 0.3) is 11.0 Å². The molecule has 1 aliphatic heterocycles. The number of imidazole rings is 1. The monoisotopic (exact) mass is 442 g/mol. The fourth-order valence-electron chi connectivity index (χ4n) is 5.09. The van der Waals surface area contributed by atoms with E-state index in [9.17, 15) is 4.39 Å². The number of hydrogen-bond acceptors (Lipinski definition) is 3. The van der Waals surface area contributed by atoms with E-state index in [-0.39, 0.29) is 5.82 Å². The first-order valence-corrected chi connectivity index (χ1v) is 11.9. The van der Waals surface area contributed by atoms with Gasteiger partial charge in [-0.3, -0.25) is 9.88 Å². The lowest BCUT2D eigenvalue weighted by Gasteiger charge is -2.32. The van der Waals surface area contributed by atoms with Crippen LogP contribution in [-0.4, -0.2) is 32.5 Å². The zero-order valence-electron chi connectivity index (χ0n) is 19.4. The van der Waals surface area contributed by atoms with Crippen molar-refractivity contribution in [2.75, 3.05) is 13.1 Å². The molecule has 1 aliphatic rings. The summed E-state index contributed by atoms with van der Waals surface area (Å²) in [6.45, 7) is 7.41. The van der Waals surface area contributed by atoms with Crippen molar-refractivity contribution in [3.63, 3.8) is 0 Å². The Bertz CT molecular complexity index is 1230. The number of halogens is 1. The van der Waals surface area contributed by atoms with Gasteiger partial charge >= 0.3 is 0 Å². The SMILES string of the molecule is CC(C)n1c(CN2CCC[C@@H](c3ccc(Cc4cccc(F)c4)cn3)C2)nc2ccccc21. The normalized spacial score (nSPS) is 17.2. The summed E-state index contributed by atoms with van der Waals surface area (Å²) in [7, 11) is 0. The van der Waals surface area contributed by atoms with Crippen LogP contribution in [0, 0.1) is 5.82 Å². The molecule has 170 valence electrons. The highest BCUT2D eigenvalue weighted by Crippen LogP contribution is 2.28. The van der Waals surface area contributed by atoms with Crippen LogP contribution in [0.3, 0.4) is 0 Å². The van der Waals surface area contributed by atoms with E-state index in [4.69, 9.17) is 9.97 Å². The Morgan fingerprint density at radius 2 is 1.91 bits per heavy atom. The lowest BCUT2D eigenvalue weighted by Crippen LogP contribution is -2.35. The fraction of sp³-hybridized carbons (Fsp3) is 0.357. The minimum absolute atomic E-state index is 0.189. The second-order valence-electron chi connectivity index (χ2n) is 9.45. The van der Waals surface area contributed by atoms with Gasteiger partial charge in [0.25, 0.3) is 0 Å². The molecule has 3 heterocycles. The van der Waals surface area contributed by atoms with Crippen LogP contribution in [0.1, 0.15) is 61.3 Å². The average Bonchev–Trinajstić information content (AvgIpc) is 3.18. The first-order chi connectivity index (χ1) is 16.1. The molecule has 1 fully saturated rings. The molecule has 1 atom stereocenters. The quantitative estimate of drug-likeness (QED) is 0.361. The number of aromatic nitrogens is 3. The van der Waals surface area contributed by atoms with Crippen LogP contribution in [0.15, 0.2) is 66.9 Å². The van der Waals surface area contributed by atoms with Crippen molar-refractivity contribution in [1.82, 2.24) is 19.4 Å². The van der Waals surface area contributed by atoms with Gasteiger partial charge in [-0.1, -0.05) is 30.3 Å². The number of likely N-dealkylation sites (tertiary alicyclic amines) is 1. The van der Waals surface area contributed by atoms with E-state index >= 15 is 0 Å². The zero-order chi connectivity index (χ0) is 22.8. The molecule has 4 nitrogen and oxygen atoms in total. The van der Waals surface area contributed by atoms with E-state index in [2.05, 4.69) is 59.7 Å². The molecule has 0 spiro atoms. The second-order valence-corrected chi connectivity index (χ2v) is 9.45. The number of benzene rings is 2. The number of pyridine rings is 1. The molecule has 0 aliphatic carbocycles. The Hall–Kier alpha value is -3.05. The molecule has 5 rings (SSSR count). The highest BCUT2D eigenvalue weighted by atomic mass is 19.1. The average molecular weight is 443 g/mol. The Balaban J connectivity index is 1.28. The Morgan fingerprint density at radius 3 is 2.70 bits per heavy atom. The molecule has 4 aromatic rings. The van der Waals surface area contributed by atoms with Gasteiger partial charge < -0.3 is 4.57 Å². The minimum Gasteiger partial charge on any atom is -0.324 e. The first kappa shape index (κ1) is 21.8. The van der Waals surface area contributed by atoms with Crippen molar-refractivity contribution in [3.8, 4) is 0 Å². The molecule has 2 aromatic heterocycles. The number of hydrogen-bond donors (Lipinski definition) is 0. The summed E-state index contributed by atoms with van der Waals surface area (Å²) >= 11 is 0. The highest BCUT2D eigenvalue weighted by molar-refractivity contribution is 5.76. The molecule has 33 heavy (non-hydrogen) atoms. The lowest BCUT2D eigenvalue weighted by atomic mass is 9.93. The summed E-state index contributed by atoms with van der Waals surface area (Å²) in [5, 5.41) is 0. The summed E-state index contributed by atoms with van der Waals surface area (Å²) in [6.07, 6.45) is 4.98. The number of nitrogens with zero attached hydrogens (tertiary/aromatic N) is 4. The third kappa shape index (κ3) is 4.83. The maximum Gasteiger partial charge on any atom is 0.124 e. The molecule has 0 bridgehead atoms. The molecule has 2 aromatic carbocycles. The standard InChI is InChI=1S/C28H31FN4/c1-20(2)33-27-11-4-3-10-26(27)31-28(33)19-32-14-6-8-23(18-32)25-13-12-22(17-30-25)15-21-7-5-9-24(29)16-21/h3-5,7,9-13,16-17,20,23H,6,8,14-15,18-19H2,1-2H3/t23-/m1/s1. The van der Waals surface area contributed by atoms with Crippen molar-refractivity contribution in [2.24, 2.45) is 0 Å². The summed E-state index contributed by atoms with van der Waals surface area (Å²) in [5.74, 6) is 1.38. The summed E-state index contributed by atoms with van der Waals surface area (Å²) < 4.78 is 15.8. The van der Waals surface area contributed by atoms with Gasteiger partial charge in [-0.2, -0.15) is 0 Å². The van der Waals surface area contributed by atoms with Crippen molar-refractivity contribution in [1.29, 1.82) is 0 Å². The second kappa shape index (κ2) is 9.44. The number of fused-ring (bicyclic) bond motifs is 1. The molecule has 0 unspecified atom stereocenters. The van der Waals surface area contributed by atoms with Gasteiger partial charge in [0.05, 0.1) is 17.6 Å². The van der Waals surface area contributed by atoms with Crippen molar-refractivity contribution < 1.29 is 4.39 Å². The van der Waals surface area contributed by atoms with Crippen LogP contribution in [-0.2, 0) is 13.0 Å². The van der Waals surface area contributed by atoms with Gasteiger partial charge in [0.2, 0.25) is 0 Å². The van der Waals surface area contributed by atoms with Crippen molar-refractivity contribution in [3.05, 3.63) is 95.3 Å². The molecule has 0 radical (unpaired) electrons. The minimum atomic E-state index is -0.189. The van der Waals surface area contributed by atoms with Gasteiger partial charge in [-0.05, 0) is 81.1 Å². The Labute approximate surface area is 195 Å². The Morgan fingerprint density at radius 1 is 1.03 bits per heavy atom. The van der Waals surface area contributed by atoms with E-state index in [0.29, 0.717) is 18.4 Å². The topological polar surface area (TPSA) is 34.0 Å². The summed E-state index contributed by atoms with van der Waals surface area (Å²) in [5.41, 5.74) is 5.53. The number of piperidine rings is 1. The molecular weight excluding hydrogens is 411 g/mol. The number of para-hydroxylation sites is 2. The fourth-order valence-corrected chi connectivity index (χ4v) is 5.09. The molecule has 0 saturated carbocycles. The van der Waals surface area contributed by atoms with Crippen LogP contribution in [0.2, 0.25) is 0 Å². The van der Waals surface area contributed by atoms with E-state index in [1.54, 1.807) is 12.1 Å². The van der Waals surface area contributed by atoms with E-state index < -0.39 is 0 Å². The molecular formula is C28H31FN4. The maximum atomic E-state index is 13.5. The maximum absolute atomic E-state index is 13.5. The van der Waals surface area contributed by atoms with E-state index in [0.717, 1.165) is 54.2 Å². The van der Waals surface area contributed by atoms with Gasteiger partial charge in [-0.25, -0.2) is 9.37 Å². The van der Waals surface area contributed by atoms with Gasteiger partial charge in [0.15, 0.2) is 0 Å². The Kier molecular flexibility index (Phi) is 6.23. The third-order valence-corrected chi connectivity index (χ3v) is 6.62. The molecule has 0 N–H and O–H groups in total. The largest absolute Gasteiger partial charge is 0.324 e. The predicted octanol–water partition coefficient (Wildman–Crippen LogP) is 6.12. The van der Waals surface area contributed by atoms with Crippen LogP contribution in [0.4, 0.5) is 4.39 Å². The lowest BCUT2D eigenvalue weighted by molar-refractivity contribution is 0.191. The van der Waals surface area contributed by atoms with Gasteiger partial charge in [0, 0.05) is 30.4 Å². The third-order valence-electron chi connectivity index (χ3n) is 6.62. The first-order valence-electron chi connectivity index (χ1n) is 11.9. The molecule has 0 amide bonds. The van der Waals surface area contributed by atoms with E-state index in [1.165, 1.54) is 18.0 Å². The van der Waals surface area contributed by atoms with Gasteiger partial charge in [0.1, 0.15) is 11.6 Å².